The normalized spacial score (nSPS) is 20.7. The van der Waals surface area contributed by atoms with E-state index in [9.17, 15) is 0 Å². The van der Waals surface area contributed by atoms with E-state index < -0.39 is 0 Å². The summed E-state index contributed by atoms with van der Waals surface area (Å²) in [6, 6.07) is 9.00. The van der Waals surface area contributed by atoms with Crippen LogP contribution < -0.4 is 5.32 Å². The number of hydrogen-bond acceptors (Lipinski definition) is 2. The first-order valence-electron chi connectivity index (χ1n) is 6.00. The smallest absolute Gasteiger partial charge is 0.106 e. The molecule has 0 bridgehead atoms. The van der Waals surface area contributed by atoms with Crippen molar-refractivity contribution in [2.45, 2.75) is 32.4 Å². The third kappa shape index (κ3) is 1.61. The Morgan fingerprint density at radius 2 is 2.31 bits per heavy atom. The van der Waals surface area contributed by atoms with Gasteiger partial charge in [-0.15, -0.1) is 0 Å². The third-order valence-electron chi connectivity index (χ3n) is 3.41. The largest absolute Gasteiger partial charge is 0.327 e. The Morgan fingerprint density at radius 3 is 3.12 bits per heavy atom. The summed E-state index contributed by atoms with van der Waals surface area (Å²) in [7, 11) is 0. The SMILES string of the molecule is Cc1nc2ccccc2n1CC1CCCN1. The minimum atomic E-state index is 0.622. The van der Waals surface area contributed by atoms with Gasteiger partial charge in [-0.2, -0.15) is 0 Å². The Balaban J connectivity index is 1.98. The van der Waals surface area contributed by atoms with Crippen LogP contribution in [0.25, 0.3) is 11.0 Å². The van der Waals surface area contributed by atoms with Gasteiger partial charge in [0.2, 0.25) is 0 Å². The Labute approximate surface area is 95.5 Å². The maximum absolute atomic E-state index is 4.59. The second kappa shape index (κ2) is 3.91. The van der Waals surface area contributed by atoms with Crippen molar-refractivity contribution in [1.29, 1.82) is 0 Å². The van der Waals surface area contributed by atoms with Gasteiger partial charge < -0.3 is 9.88 Å². The molecule has 0 amide bonds. The van der Waals surface area contributed by atoms with Crippen molar-refractivity contribution in [1.82, 2.24) is 14.9 Å². The van der Waals surface area contributed by atoms with Gasteiger partial charge in [0.15, 0.2) is 0 Å². The molecule has 1 aliphatic rings. The molecule has 3 nitrogen and oxygen atoms in total. The average Bonchev–Trinajstić information content (AvgIpc) is 2.89. The molecule has 1 fully saturated rings. The van der Waals surface area contributed by atoms with Gasteiger partial charge in [0.1, 0.15) is 5.82 Å². The molecule has 1 aliphatic heterocycles. The molecule has 2 aromatic rings. The molecular formula is C13H17N3. The minimum Gasteiger partial charge on any atom is -0.327 e. The summed E-state index contributed by atoms with van der Waals surface area (Å²) >= 11 is 0. The first-order chi connectivity index (χ1) is 7.84. The Kier molecular flexibility index (Phi) is 2.40. The number of hydrogen-bond donors (Lipinski definition) is 1. The topological polar surface area (TPSA) is 29.9 Å². The number of para-hydroxylation sites is 2. The molecule has 1 unspecified atom stereocenters. The molecule has 0 saturated carbocycles. The molecule has 1 N–H and O–H groups in total. The first-order valence-corrected chi connectivity index (χ1v) is 6.00. The van der Waals surface area contributed by atoms with Crippen molar-refractivity contribution in [3.05, 3.63) is 30.1 Å². The fourth-order valence-corrected chi connectivity index (χ4v) is 2.56. The molecule has 1 saturated heterocycles. The zero-order valence-corrected chi connectivity index (χ0v) is 9.61. The maximum Gasteiger partial charge on any atom is 0.106 e. The van der Waals surface area contributed by atoms with E-state index in [1.807, 2.05) is 6.07 Å². The number of nitrogens with zero attached hydrogens (tertiary/aromatic N) is 2. The quantitative estimate of drug-likeness (QED) is 0.831. The number of rotatable bonds is 2. The summed E-state index contributed by atoms with van der Waals surface area (Å²) in [5.74, 6) is 1.12. The number of aromatic nitrogens is 2. The van der Waals surface area contributed by atoms with E-state index in [4.69, 9.17) is 0 Å². The second-order valence-corrected chi connectivity index (χ2v) is 4.55. The van der Waals surface area contributed by atoms with Crippen LogP contribution in [0.5, 0.6) is 0 Å². The van der Waals surface area contributed by atoms with Crippen LogP contribution in [-0.4, -0.2) is 22.1 Å². The zero-order chi connectivity index (χ0) is 11.0. The molecule has 1 atom stereocenters. The van der Waals surface area contributed by atoms with Gasteiger partial charge in [-0.05, 0) is 38.4 Å². The molecule has 1 aromatic carbocycles. The van der Waals surface area contributed by atoms with Crippen molar-refractivity contribution in [3.8, 4) is 0 Å². The molecule has 1 aromatic heterocycles. The van der Waals surface area contributed by atoms with E-state index >= 15 is 0 Å². The second-order valence-electron chi connectivity index (χ2n) is 4.55. The standard InChI is InChI=1S/C13H17N3/c1-10-15-12-6-2-3-7-13(12)16(10)9-11-5-4-8-14-11/h2-3,6-7,11,14H,4-5,8-9H2,1H3. The highest BCUT2D eigenvalue weighted by Gasteiger charge is 2.16. The number of nitrogens with one attached hydrogen (secondary N) is 1. The van der Waals surface area contributed by atoms with E-state index in [1.54, 1.807) is 0 Å². The Morgan fingerprint density at radius 1 is 1.44 bits per heavy atom. The number of benzene rings is 1. The Hall–Kier alpha value is -1.35. The zero-order valence-electron chi connectivity index (χ0n) is 9.61. The summed E-state index contributed by atoms with van der Waals surface area (Å²) in [6.07, 6.45) is 2.59. The van der Waals surface area contributed by atoms with E-state index in [-0.39, 0.29) is 0 Å². The van der Waals surface area contributed by atoms with Crippen molar-refractivity contribution >= 4 is 11.0 Å². The lowest BCUT2D eigenvalue weighted by Gasteiger charge is -2.13. The van der Waals surface area contributed by atoms with Crippen molar-refractivity contribution in [3.63, 3.8) is 0 Å². The van der Waals surface area contributed by atoms with Gasteiger partial charge in [-0.1, -0.05) is 12.1 Å². The van der Waals surface area contributed by atoms with Gasteiger partial charge >= 0.3 is 0 Å². The molecule has 3 rings (SSSR count). The minimum absolute atomic E-state index is 0.622. The maximum atomic E-state index is 4.59. The monoisotopic (exact) mass is 215 g/mol. The summed E-state index contributed by atoms with van der Waals surface area (Å²) in [5, 5.41) is 3.54. The van der Waals surface area contributed by atoms with Crippen LogP contribution in [0.15, 0.2) is 24.3 Å². The summed E-state index contributed by atoms with van der Waals surface area (Å²) < 4.78 is 2.33. The van der Waals surface area contributed by atoms with E-state index in [0.29, 0.717) is 6.04 Å². The molecule has 16 heavy (non-hydrogen) atoms. The predicted molar refractivity (Wildman–Crippen MR) is 65.5 cm³/mol. The van der Waals surface area contributed by atoms with Crippen LogP contribution in [0, 0.1) is 6.92 Å². The highest BCUT2D eigenvalue weighted by Crippen LogP contribution is 2.17. The number of aryl methyl sites for hydroxylation is 1. The fraction of sp³-hybridized carbons (Fsp3) is 0.462. The van der Waals surface area contributed by atoms with Crippen LogP contribution in [-0.2, 0) is 6.54 Å². The van der Waals surface area contributed by atoms with Crippen LogP contribution in [0.3, 0.4) is 0 Å². The van der Waals surface area contributed by atoms with Gasteiger partial charge in [0.25, 0.3) is 0 Å². The van der Waals surface area contributed by atoms with Crippen LogP contribution in [0.1, 0.15) is 18.7 Å². The predicted octanol–water partition coefficient (Wildman–Crippen LogP) is 2.10. The van der Waals surface area contributed by atoms with E-state index in [2.05, 4.69) is 40.0 Å². The van der Waals surface area contributed by atoms with Crippen LogP contribution in [0.2, 0.25) is 0 Å². The molecular weight excluding hydrogens is 198 g/mol. The summed E-state index contributed by atoms with van der Waals surface area (Å²) in [4.78, 5) is 4.59. The lowest BCUT2D eigenvalue weighted by atomic mass is 10.2. The molecule has 0 radical (unpaired) electrons. The average molecular weight is 215 g/mol. The first kappa shape index (κ1) is 9.85. The third-order valence-corrected chi connectivity index (χ3v) is 3.41. The van der Waals surface area contributed by atoms with Crippen LogP contribution >= 0.6 is 0 Å². The number of fused-ring (bicyclic) bond motifs is 1. The van der Waals surface area contributed by atoms with Gasteiger partial charge in [-0.3, -0.25) is 0 Å². The molecule has 0 spiro atoms. The Bertz CT molecular complexity index is 495. The van der Waals surface area contributed by atoms with E-state index in [1.165, 1.54) is 18.4 Å². The molecule has 0 aliphatic carbocycles. The van der Waals surface area contributed by atoms with Gasteiger partial charge in [-0.25, -0.2) is 4.98 Å². The lowest BCUT2D eigenvalue weighted by molar-refractivity contribution is 0.510. The highest BCUT2D eigenvalue weighted by molar-refractivity contribution is 5.75. The summed E-state index contributed by atoms with van der Waals surface area (Å²) in [5.41, 5.74) is 2.37. The molecule has 3 heteroatoms. The van der Waals surface area contributed by atoms with Crippen molar-refractivity contribution < 1.29 is 0 Å². The van der Waals surface area contributed by atoms with Crippen molar-refractivity contribution in [2.24, 2.45) is 0 Å². The number of imidazole rings is 1. The van der Waals surface area contributed by atoms with Gasteiger partial charge in [0.05, 0.1) is 11.0 Å². The van der Waals surface area contributed by atoms with E-state index in [0.717, 1.165) is 24.4 Å². The fourth-order valence-electron chi connectivity index (χ4n) is 2.56. The van der Waals surface area contributed by atoms with Crippen LogP contribution in [0.4, 0.5) is 0 Å². The highest BCUT2D eigenvalue weighted by atomic mass is 15.1. The summed E-state index contributed by atoms with van der Waals surface area (Å²) in [6.45, 7) is 4.30. The van der Waals surface area contributed by atoms with Crippen molar-refractivity contribution in [2.75, 3.05) is 6.54 Å². The molecule has 84 valence electrons. The lowest BCUT2D eigenvalue weighted by Crippen LogP contribution is -2.27. The van der Waals surface area contributed by atoms with Gasteiger partial charge in [0, 0.05) is 12.6 Å². The molecule has 2 heterocycles.